The number of hydrogen-bond donors (Lipinski definition) is 2. The van der Waals surface area contributed by atoms with Crippen molar-refractivity contribution in [2.24, 2.45) is 11.7 Å². The van der Waals surface area contributed by atoms with Crippen LogP contribution in [-0.2, 0) is 19.1 Å². The molecule has 0 aromatic carbocycles. The molecule has 3 atom stereocenters. The second-order valence-electron chi connectivity index (χ2n) is 4.91. The molecule has 1 unspecified atom stereocenters. The van der Waals surface area contributed by atoms with E-state index in [-0.39, 0.29) is 36.3 Å². The Morgan fingerprint density at radius 2 is 2.05 bits per heavy atom. The Bertz CT molecular complexity index is 336. The van der Waals surface area contributed by atoms with Gasteiger partial charge in [-0.1, -0.05) is 0 Å². The van der Waals surface area contributed by atoms with Gasteiger partial charge in [-0.25, -0.2) is 4.79 Å². The Morgan fingerprint density at radius 3 is 2.53 bits per heavy atom. The molecule has 2 fully saturated rings. The molecule has 2 aliphatic rings. The predicted molar refractivity (Wildman–Crippen MR) is 70.9 cm³/mol. The molecule has 110 valence electrons. The zero-order chi connectivity index (χ0) is 13.1. The van der Waals surface area contributed by atoms with E-state index >= 15 is 0 Å². The SMILES string of the molecule is COC(=O)C(NC(=O)[C@@H]1CC[C@H](CN)O1)C1CC1.Cl. The van der Waals surface area contributed by atoms with E-state index in [1.54, 1.807) is 0 Å². The first kappa shape index (κ1) is 16.2. The van der Waals surface area contributed by atoms with Crippen LogP contribution in [0.2, 0.25) is 0 Å². The zero-order valence-corrected chi connectivity index (χ0v) is 11.8. The number of rotatable bonds is 5. The van der Waals surface area contributed by atoms with Gasteiger partial charge in [-0.15, -0.1) is 12.4 Å². The van der Waals surface area contributed by atoms with Crippen molar-refractivity contribution in [2.75, 3.05) is 13.7 Å². The van der Waals surface area contributed by atoms with Crippen LogP contribution in [0.3, 0.4) is 0 Å². The van der Waals surface area contributed by atoms with Gasteiger partial charge in [0.1, 0.15) is 12.1 Å². The van der Waals surface area contributed by atoms with Crippen molar-refractivity contribution in [2.45, 2.75) is 43.9 Å². The van der Waals surface area contributed by atoms with Crippen LogP contribution >= 0.6 is 12.4 Å². The van der Waals surface area contributed by atoms with Crippen LogP contribution in [0.15, 0.2) is 0 Å². The van der Waals surface area contributed by atoms with Crippen molar-refractivity contribution in [1.29, 1.82) is 0 Å². The van der Waals surface area contributed by atoms with Crippen molar-refractivity contribution in [3.05, 3.63) is 0 Å². The Hall–Kier alpha value is -0.850. The van der Waals surface area contributed by atoms with E-state index in [1.807, 2.05) is 0 Å². The Labute approximate surface area is 118 Å². The third-order valence-corrected chi connectivity index (χ3v) is 3.51. The lowest BCUT2D eigenvalue weighted by Crippen LogP contribution is -2.47. The summed E-state index contributed by atoms with van der Waals surface area (Å²) < 4.78 is 10.2. The molecule has 0 spiro atoms. The van der Waals surface area contributed by atoms with E-state index in [9.17, 15) is 9.59 Å². The molecule has 1 saturated heterocycles. The quantitative estimate of drug-likeness (QED) is 0.695. The van der Waals surface area contributed by atoms with Crippen LogP contribution in [0.25, 0.3) is 0 Å². The molecule has 7 heteroatoms. The molecule has 1 saturated carbocycles. The summed E-state index contributed by atoms with van der Waals surface area (Å²) in [6.07, 6.45) is 2.84. The van der Waals surface area contributed by atoms with E-state index < -0.39 is 12.1 Å². The smallest absolute Gasteiger partial charge is 0.328 e. The highest BCUT2D eigenvalue weighted by atomic mass is 35.5. The molecular formula is C12H21ClN2O4. The molecule has 0 aromatic rings. The van der Waals surface area contributed by atoms with Crippen LogP contribution < -0.4 is 11.1 Å². The molecule has 6 nitrogen and oxygen atoms in total. The summed E-state index contributed by atoms with van der Waals surface area (Å²) in [6, 6.07) is -0.525. The molecule has 3 N–H and O–H groups in total. The van der Waals surface area contributed by atoms with Gasteiger partial charge < -0.3 is 20.5 Å². The molecule has 0 bridgehead atoms. The first-order valence-corrected chi connectivity index (χ1v) is 6.39. The monoisotopic (exact) mass is 292 g/mol. The number of halogens is 1. The maximum atomic E-state index is 12.0. The fourth-order valence-corrected chi connectivity index (χ4v) is 2.24. The van der Waals surface area contributed by atoms with E-state index in [2.05, 4.69) is 5.32 Å². The van der Waals surface area contributed by atoms with E-state index in [0.29, 0.717) is 13.0 Å². The van der Waals surface area contributed by atoms with Gasteiger partial charge in [0.15, 0.2) is 0 Å². The predicted octanol–water partition coefficient (Wildman–Crippen LogP) is -0.0177. The van der Waals surface area contributed by atoms with Crippen LogP contribution in [-0.4, -0.2) is 43.8 Å². The minimum Gasteiger partial charge on any atom is -0.467 e. The highest BCUT2D eigenvalue weighted by Crippen LogP contribution is 2.33. The normalized spacial score (nSPS) is 27.3. The van der Waals surface area contributed by atoms with Crippen LogP contribution in [0, 0.1) is 5.92 Å². The second kappa shape index (κ2) is 7.07. The van der Waals surface area contributed by atoms with Gasteiger partial charge in [-0.3, -0.25) is 4.79 Å². The van der Waals surface area contributed by atoms with Gasteiger partial charge >= 0.3 is 5.97 Å². The number of esters is 1. The number of methoxy groups -OCH3 is 1. The molecule has 1 aliphatic carbocycles. The molecular weight excluding hydrogens is 272 g/mol. The number of nitrogens with two attached hydrogens (primary N) is 1. The van der Waals surface area contributed by atoms with Gasteiger partial charge in [-0.05, 0) is 31.6 Å². The summed E-state index contributed by atoms with van der Waals surface area (Å²) in [7, 11) is 1.33. The van der Waals surface area contributed by atoms with Crippen molar-refractivity contribution in [1.82, 2.24) is 5.32 Å². The minimum atomic E-state index is -0.525. The highest BCUT2D eigenvalue weighted by Gasteiger charge is 2.40. The Balaban J connectivity index is 0.00000180. The molecule has 1 aliphatic heterocycles. The van der Waals surface area contributed by atoms with Gasteiger partial charge in [0.25, 0.3) is 0 Å². The topological polar surface area (TPSA) is 90.7 Å². The fraction of sp³-hybridized carbons (Fsp3) is 0.833. The van der Waals surface area contributed by atoms with E-state index in [0.717, 1.165) is 19.3 Å². The molecule has 1 heterocycles. The summed E-state index contributed by atoms with van der Waals surface area (Å²) in [5.41, 5.74) is 5.49. The fourth-order valence-electron chi connectivity index (χ4n) is 2.24. The van der Waals surface area contributed by atoms with Gasteiger partial charge in [0.2, 0.25) is 5.91 Å². The third kappa shape index (κ3) is 4.06. The van der Waals surface area contributed by atoms with E-state index in [4.69, 9.17) is 15.2 Å². The van der Waals surface area contributed by atoms with Crippen molar-refractivity contribution in [3.63, 3.8) is 0 Å². The average molecular weight is 293 g/mol. The molecule has 19 heavy (non-hydrogen) atoms. The summed E-state index contributed by atoms with van der Waals surface area (Å²) in [5.74, 6) is -0.388. The van der Waals surface area contributed by atoms with Gasteiger partial charge in [0.05, 0.1) is 13.2 Å². The molecule has 2 rings (SSSR count). The Kier molecular flexibility index (Phi) is 6.03. The lowest BCUT2D eigenvalue weighted by Gasteiger charge is -2.18. The Morgan fingerprint density at radius 1 is 1.37 bits per heavy atom. The number of amides is 1. The lowest BCUT2D eigenvalue weighted by molar-refractivity contribution is -0.147. The largest absolute Gasteiger partial charge is 0.467 e. The number of carbonyl (C=O) groups is 2. The number of hydrogen-bond acceptors (Lipinski definition) is 5. The van der Waals surface area contributed by atoms with Gasteiger partial charge in [0, 0.05) is 6.54 Å². The molecule has 1 amide bonds. The van der Waals surface area contributed by atoms with Crippen LogP contribution in [0.4, 0.5) is 0 Å². The van der Waals surface area contributed by atoms with Crippen LogP contribution in [0.1, 0.15) is 25.7 Å². The first-order valence-electron chi connectivity index (χ1n) is 6.39. The van der Waals surface area contributed by atoms with E-state index in [1.165, 1.54) is 7.11 Å². The average Bonchev–Trinajstić information content (AvgIpc) is 3.11. The van der Waals surface area contributed by atoms with Crippen molar-refractivity contribution >= 4 is 24.3 Å². The third-order valence-electron chi connectivity index (χ3n) is 3.51. The first-order chi connectivity index (χ1) is 8.65. The number of ether oxygens (including phenoxy) is 2. The second-order valence-corrected chi connectivity index (χ2v) is 4.91. The van der Waals surface area contributed by atoms with Crippen LogP contribution in [0.5, 0.6) is 0 Å². The number of carbonyl (C=O) groups excluding carboxylic acids is 2. The summed E-state index contributed by atoms with van der Waals surface area (Å²) >= 11 is 0. The minimum absolute atomic E-state index is 0. The molecule has 0 radical (unpaired) electrons. The maximum Gasteiger partial charge on any atom is 0.328 e. The molecule has 0 aromatic heterocycles. The zero-order valence-electron chi connectivity index (χ0n) is 11.0. The van der Waals surface area contributed by atoms with Crippen molar-refractivity contribution < 1.29 is 19.1 Å². The highest BCUT2D eigenvalue weighted by molar-refractivity contribution is 5.87. The summed E-state index contributed by atoms with van der Waals surface area (Å²) in [4.78, 5) is 23.6. The standard InChI is InChI=1S/C12H20N2O4.ClH/c1-17-12(16)10(7-2-3-7)14-11(15)9-5-4-8(6-13)18-9;/h7-10H,2-6,13H2,1H3,(H,14,15);1H/t8-,9+,10?;/m1./s1. The summed E-state index contributed by atoms with van der Waals surface area (Å²) in [5, 5.41) is 2.74. The maximum absolute atomic E-state index is 12.0. The van der Waals surface area contributed by atoms with Crippen molar-refractivity contribution in [3.8, 4) is 0 Å². The summed E-state index contributed by atoms with van der Waals surface area (Å²) in [6.45, 7) is 0.423. The number of nitrogens with one attached hydrogen (secondary N) is 1. The van der Waals surface area contributed by atoms with Gasteiger partial charge in [-0.2, -0.15) is 0 Å². The lowest BCUT2D eigenvalue weighted by atomic mass is 10.1.